The van der Waals surface area contributed by atoms with Gasteiger partial charge in [0.05, 0.1) is 10.4 Å². The van der Waals surface area contributed by atoms with Crippen molar-refractivity contribution >= 4 is 37.8 Å². The smallest absolute Gasteiger partial charge is 0.157 e. The summed E-state index contributed by atoms with van der Waals surface area (Å²) in [6, 6.07) is 15.7. The fourth-order valence-electron chi connectivity index (χ4n) is 2.03. The summed E-state index contributed by atoms with van der Waals surface area (Å²) in [6.45, 7) is 2.02. The normalized spacial score (nSPS) is 12.7. The van der Waals surface area contributed by atoms with Crippen molar-refractivity contribution in [3.63, 3.8) is 0 Å². The highest BCUT2D eigenvalue weighted by Gasteiger charge is 2.11. The van der Waals surface area contributed by atoms with Crippen molar-refractivity contribution in [2.24, 2.45) is 0 Å². The summed E-state index contributed by atoms with van der Waals surface area (Å²) >= 11 is 3.52. The van der Waals surface area contributed by atoms with E-state index in [9.17, 15) is 4.21 Å². The average molecular weight is 334 g/mol. The summed E-state index contributed by atoms with van der Waals surface area (Å²) in [4.78, 5) is 0.804. The van der Waals surface area contributed by atoms with E-state index in [1.54, 1.807) is 3.97 Å². The summed E-state index contributed by atoms with van der Waals surface area (Å²) in [5.74, 6) is 0. The molecule has 1 unspecified atom stereocenters. The Morgan fingerprint density at radius 1 is 1.05 bits per heavy atom. The van der Waals surface area contributed by atoms with Gasteiger partial charge in [-0.25, -0.2) is 4.21 Å². The molecule has 0 saturated heterocycles. The quantitative estimate of drug-likeness (QED) is 0.685. The van der Waals surface area contributed by atoms with E-state index in [0.29, 0.717) is 0 Å². The van der Waals surface area contributed by atoms with Gasteiger partial charge in [-0.15, -0.1) is 0 Å². The van der Waals surface area contributed by atoms with E-state index in [1.165, 1.54) is 5.56 Å². The zero-order valence-corrected chi connectivity index (χ0v) is 12.7. The highest BCUT2D eigenvalue weighted by molar-refractivity contribution is 9.10. The standard InChI is InChI=1S/C15H12BrNOS/c1-11-5-7-13(8-6-11)19(18)17-10-9-12-3-2-4-14(16)15(12)17/h2-10H,1H3. The van der Waals surface area contributed by atoms with Gasteiger partial charge in [-0.1, -0.05) is 29.8 Å². The van der Waals surface area contributed by atoms with Gasteiger partial charge in [0.1, 0.15) is 0 Å². The number of hydrogen-bond donors (Lipinski definition) is 0. The van der Waals surface area contributed by atoms with Crippen molar-refractivity contribution in [3.8, 4) is 0 Å². The van der Waals surface area contributed by atoms with Crippen LogP contribution in [0.5, 0.6) is 0 Å². The van der Waals surface area contributed by atoms with E-state index < -0.39 is 11.0 Å². The van der Waals surface area contributed by atoms with Crippen molar-refractivity contribution in [2.45, 2.75) is 11.8 Å². The molecule has 2 nitrogen and oxygen atoms in total. The van der Waals surface area contributed by atoms with Crippen LogP contribution in [-0.4, -0.2) is 8.18 Å². The fraction of sp³-hybridized carbons (Fsp3) is 0.0667. The first kappa shape index (κ1) is 12.6. The molecule has 0 aliphatic rings. The summed E-state index contributed by atoms with van der Waals surface area (Å²) in [5, 5.41) is 1.08. The van der Waals surface area contributed by atoms with Crippen molar-refractivity contribution in [1.29, 1.82) is 0 Å². The van der Waals surface area contributed by atoms with Crippen molar-refractivity contribution < 1.29 is 4.21 Å². The number of rotatable bonds is 2. The molecule has 2 aromatic carbocycles. The molecular weight excluding hydrogens is 322 g/mol. The molecule has 0 radical (unpaired) electrons. The molecule has 3 aromatic rings. The number of hydrogen-bond acceptors (Lipinski definition) is 1. The van der Waals surface area contributed by atoms with Gasteiger partial charge in [-0.3, -0.25) is 3.97 Å². The number of aromatic nitrogens is 1. The third-order valence-electron chi connectivity index (χ3n) is 3.03. The first-order chi connectivity index (χ1) is 9.16. The van der Waals surface area contributed by atoms with Crippen LogP contribution >= 0.6 is 15.9 Å². The second-order valence-electron chi connectivity index (χ2n) is 4.38. The van der Waals surface area contributed by atoms with E-state index in [1.807, 2.05) is 61.7 Å². The van der Waals surface area contributed by atoms with Crippen LogP contribution in [0.3, 0.4) is 0 Å². The van der Waals surface area contributed by atoms with Crippen LogP contribution in [0, 0.1) is 6.92 Å². The van der Waals surface area contributed by atoms with Gasteiger partial charge in [0.15, 0.2) is 11.0 Å². The molecule has 0 bridgehead atoms. The SMILES string of the molecule is Cc1ccc(S(=O)n2ccc3cccc(Br)c32)cc1. The van der Waals surface area contributed by atoms with Gasteiger partial charge in [0.25, 0.3) is 0 Å². The van der Waals surface area contributed by atoms with E-state index in [0.717, 1.165) is 20.3 Å². The molecule has 1 atom stereocenters. The third-order valence-corrected chi connectivity index (χ3v) is 5.01. The largest absolute Gasteiger partial charge is 0.261 e. The Morgan fingerprint density at radius 2 is 1.79 bits per heavy atom. The van der Waals surface area contributed by atoms with E-state index in [2.05, 4.69) is 15.9 Å². The lowest BCUT2D eigenvalue weighted by Crippen LogP contribution is -2.03. The van der Waals surface area contributed by atoms with E-state index >= 15 is 0 Å². The Balaban J connectivity index is 2.14. The summed E-state index contributed by atoms with van der Waals surface area (Å²) in [7, 11) is -1.22. The Morgan fingerprint density at radius 3 is 2.53 bits per heavy atom. The molecule has 4 heteroatoms. The highest BCUT2D eigenvalue weighted by Crippen LogP contribution is 2.26. The molecular formula is C15H12BrNOS. The second kappa shape index (κ2) is 4.94. The maximum atomic E-state index is 12.6. The van der Waals surface area contributed by atoms with Gasteiger partial charge in [0, 0.05) is 16.1 Å². The van der Waals surface area contributed by atoms with Crippen LogP contribution in [0.2, 0.25) is 0 Å². The second-order valence-corrected chi connectivity index (χ2v) is 6.60. The molecule has 0 amide bonds. The predicted octanol–water partition coefficient (Wildman–Crippen LogP) is 4.28. The zero-order chi connectivity index (χ0) is 13.4. The number of nitrogens with zero attached hydrogens (tertiary/aromatic N) is 1. The maximum absolute atomic E-state index is 12.6. The Labute approximate surface area is 122 Å². The van der Waals surface area contributed by atoms with Crippen LogP contribution < -0.4 is 0 Å². The molecule has 0 aliphatic carbocycles. The van der Waals surface area contributed by atoms with Gasteiger partial charge in [0.2, 0.25) is 0 Å². The molecule has 3 rings (SSSR count). The zero-order valence-electron chi connectivity index (χ0n) is 10.3. The van der Waals surface area contributed by atoms with Crippen LogP contribution in [0.25, 0.3) is 10.9 Å². The Kier molecular flexibility index (Phi) is 3.29. The van der Waals surface area contributed by atoms with E-state index in [4.69, 9.17) is 0 Å². The molecule has 0 fully saturated rings. The fourth-order valence-corrected chi connectivity index (χ4v) is 3.85. The molecule has 0 saturated carbocycles. The van der Waals surface area contributed by atoms with Crippen molar-refractivity contribution in [3.05, 3.63) is 64.8 Å². The topological polar surface area (TPSA) is 22.0 Å². The number of benzene rings is 2. The van der Waals surface area contributed by atoms with Gasteiger partial charge in [-0.2, -0.15) is 0 Å². The minimum absolute atomic E-state index is 0.804. The summed E-state index contributed by atoms with van der Waals surface area (Å²) in [6.07, 6.45) is 1.87. The molecule has 1 heterocycles. The van der Waals surface area contributed by atoms with Crippen LogP contribution in [-0.2, 0) is 11.0 Å². The summed E-state index contributed by atoms with van der Waals surface area (Å²) in [5.41, 5.74) is 2.13. The van der Waals surface area contributed by atoms with Gasteiger partial charge < -0.3 is 0 Å². The van der Waals surface area contributed by atoms with Crippen LogP contribution in [0.4, 0.5) is 0 Å². The lowest BCUT2D eigenvalue weighted by molar-refractivity contribution is 0.678. The number of fused-ring (bicyclic) bond motifs is 1. The summed E-state index contributed by atoms with van der Waals surface area (Å²) < 4.78 is 15.4. The number of para-hydroxylation sites is 1. The predicted molar refractivity (Wildman–Crippen MR) is 82.6 cm³/mol. The molecule has 0 spiro atoms. The average Bonchev–Trinajstić information content (AvgIpc) is 2.84. The Bertz CT molecular complexity index is 761. The highest BCUT2D eigenvalue weighted by atomic mass is 79.9. The maximum Gasteiger partial charge on any atom is 0.157 e. The first-order valence-corrected chi connectivity index (χ1v) is 7.81. The lowest BCUT2D eigenvalue weighted by atomic mass is 10.2. The molecule has 19 heavy (non-hydrogen) atoms. The minimum Gasteiger partial charge on any atom is -0.261 e. The number of aryl methyl sites for hydroxylation is 1. The third kappa shape index (κ3) is 2.26. The van der Waals surface area contributed by atoms with Gasteiger partial charge >= 0.3 is 0 Å². The van der Waals surface area contributed by atoms with Gasteiger partial charge in [-0.05, 0) is 47.1 Å². The number of halogens is 1. The lowest BCUT2D eigenvalue weighted by Gasteiger charge is -2.07. The molecule has 96 valence electrons. The molecule has 1 aromatic heterocycles. The molecule has 0 aliphatic heterocycles. The van der Waals surface area contributed by atoms with Crippen molar-refractivity contribution in [1.82, 2.24) is 3.97 Å². The van der Waals surface area contributed by atoms with Crippen molar-refractivity contribution in [2.75, 3.05) is 0 Å². The van der Waals surface area contributed by atoms with Crippen LogP contribution in [0.1, 0.15) is 5.56 Å². The minimum atomic E-state index is -1.22. The van der Waals surface area contributed by atoms with E-state index in [-0.39, 0.29) is 0 Å². The van der Waals surface area contributed by atoms with Crippen LogP contribution in [0.15, 0.2) is 64.1 Å². The monoisotopic (exact) mass is 333 g/mol. The molecule has 0 N–H and O–H groups in total. The Hall–Kier alpha value is -1.39. The first-order valence-electron chi connectivity index (χ1n) is 5.91.